The fourth-order valence-electron chi connectivity index (χ4n) is 3.46. The molecule has 0 fully saturated rings. The third kappa shape index (κ3) is 5.16. The van der Waals surface area contributed by atoms with Crippen LogP contribution in [0.3, 0.4) is 0 Å². The molecule has 11 heteroatoms. The number of hydrogen-bond acceptors (Lipinski definition) is 8. The summed E-state index contributed by atoms with van der Waals surface area (Å²) in [6.45, 7) is 0.456. The van der Waals surface area contributed by atoms with E-state index >= 15 is 0 Å². The average Bonchev–Trinajstić information content (AvgIpc) is 3.51. The Morgan fingerprint density at radius 1 is 1.21 bits per heavy atom. The molecule has 3 N–H and O–H groups in total. The van der Waals surface area contributed by atoms with Gasteiger partial charge in [0.05, 0.1) is 31.8 Å². The molecule has 34 heavy (non-hydrogen) atoms. The zero-order valence-corrected chi connectivity index (χ0v) is 20.0. The minimum atomic E-state index is -0.724. The van der Waals surface area contributed by atoms with Gasteiger partial charge in [-0.3, -0.25) is 24.0 Å². The van der Waals surface area contributed by atoms with Crippen LogP contribution in [0.2, 0.25) is 0 Å². The molecule has 1 aromatic carbocycles. The highest BCUT2D eigenvalue weighted by molar-refractivity contribution is 7.14. The van der Waals surface area contributed by atoms with Gasteiger partial charge in [-0.25, -0.2) is 9.78 Å². The number of rotatable bonds is 9. The molecule has 0 spiro atoms. The highest BCUT2D eigenvalue weighted by Gasteiger charge is 2.25. The quantitative estimate of drug-likeness (QED) is 0.367. The minimum absolute atomic E-state index is 0.0243. The zero-order valence-electron chi connectivity index (χ0n) is 18.4. The largest absolute Gasteiger partial charge is 0.383 e. The second-order valence-electron chi connectivity index (χ2n) is 7.44. The number of nitrogens with zero attached hydrogens (tertiary/aromatic N) is 3. The molecule has 0 aliphatic heterocycles. The maximum Gasteiger partial charge on any atom is 0.330 e. The lowest BCUT2D eigenvalue weighted by Crippen LogP contribution is -2.41. The Balaban J connectivity index is 1.71. The first-order valence-corrected chi connectivity index (χ1v) is 12.2. The molecule has 0 aliphatic rings. The van der Waals surface area contributed by atoms with Gasteiger partial charge in [-0.15, -0.1) is 11.3 Å². The number of nitrogens with one attached hydrogen (secondary N) is 1. The third-order valence-corrected chi connectivity index (χ3v) is 6.76. The highest BCUT2D eigenvalue weighted by Crippen LogP contribution is 2.27. The number of ether oxygens (including phenoxy) is 1. The fraction of sp³-hybridized carbons (Fsp3) is 0.217. The molecule has 0 bridgehead atoms. The first-order valence-electron chi connectivity index (χ1n) is 10.4. The van der Waals surface area contributed by atoms with E-state index in [1.807, 2.05) is 52.5 Å². The third-order valence-electron chi connectivity index (χ3n) is 5.14. The number of anilines is 2. The number of thiophene rings is 1. The number of carbonyl (C=O) groups is 1. The van der Waals surface area contributed by atoms with Crippen molar-refractivity contribution in [1.82, 2.24) is 14.5 Å². The predicted octanol–water partition coefficient (Wildman–Crippen LogP) is 2.73. The normalized spacial score (nSPS) is 11.0. The van der Waals surface area contributed by atoms with E-state index in [2.05, 4.69) is 9.97 Å². The van der Waals surface area contributed by atoms with Crippen molar-refractivity contribution in [3.05, 3.63) is 84.6 Å². The van der Waals surface area contributed by atoms with Crippen molar-refractivity contribution in [2.24, 2.45) is 0 Å². The molecule has 3 aromatic heterocycles. The molecule has 0 radical (unpaired) electrons. The van der Waals surface area contributed by atoms with Gasteiger partial charge in [-0.1, -0.05) is 30.3 Å². The molecule has 0 atom stereocenters. The van der Waals surface area contributed by atoms with Crippen LogP contribution in [-0.2, 0) is 29.0 Å². The van der Waals surface area contributed by atoms with Crippen LogP contribution in [0.4, 0.5) is 11.5 Å². The van der Waals surface area contributed by atoms with Crippen molar-refractivity contribution in [3.8, 4) is 10.6 Å². The number of carbonyl (C=O) groups excluding carboxylic acids is 1. The second-order valence-corrected chi connectivity index (χ2v) is 9.07. The van der Waals surface area contributed by atoms with Gasteiger partial charge in [0, 0.05) is 23.4 Å². The van der Waals surface area contributed by atoms with E-state index in [0.717, 1.165) is 16.1 Å². The number of H-pyrrole nitrogens is 1. The number of aromatic amines is 1. The molecule has 0 saturated heterocycles. The first kappa shape index (κ1) is 23.6. The lowest BCUT2D eigenvalue weighted by molar-refractivity contribution is -0.118. The van der Waals surface area contributed by atoms with Gasteiger partial charge in [-0.05, 0) is 17.0 Å². The smallest absolute Gasteiger partial charge is 0.330 e. The van der Waals surface area contributed by atoms with Crippen molar-refractivity contribution in [2.45, 2.75) is 19.5 Å². The Labute approximate surface area is 203 Å². The van der Waals surface area contributed by atoms with Crippen LogP contribution >= 0.6 is 22.7 Å². The number of benzene rings is 1. The summed E-state index contributed by atoms with van der Waals surface area (Å²) in [6.07, 6.45) is -0.0243. The molecule has 0 aliphatic carbocycles. The fourth-order valence-corrected chi connectivity index (χ4v) is 4.99. The SMILES string of the molecule is COCCn1c(N)c(N(Cc2ccccc2)C(=O)Cc2csc(-c3ccsc3)n2)c(=O)[nH]c1=O. The Morgan fingerprint density at radius 3 is 2.71 bits per heavy atom. The Morgan fingerprint density at radius 2 is 2.00 bits per heavy atom. The summed E-state index contributed by atoms with van der Waals surface area (Å²) in [5.74, 6) is -0.451. The van der Waals surface area contributed by atoms with E-state index in [1.165, 1.54) is 27.9 Å². The molecule has 0 saturated carbocycles. The molecular weight excluding hydrogens is 474 g/mol. The van der Waals surface area contributed by atoms with Crippen LogP contribution in [0.1, 0.15) is 11.3 Å². The average molecular weight is 498 g/mol. The van der Waals surface area contributed by atoms with Crippen LogP contribution < -0.4 is 21.9 Å². The van der Waals surface area contributed by atoms with Gasteiger partial charge in [0.25, 0.3) is 5.56 Å². The van der Waals surface area contributed by atoms with E-state index in [0.29, 0.717) is 5.69 Å². The summed E-state index contributed by atoms with van der Waals surface area (Å²) in [4.78, 5) is 46.9. The summed E-state index contributed by atoms with van der Waals surface area (Å²) in [5, 5.41) is 6.62. The van der Waals surface area contributed by atoms with E-state index in [-0.39, 0.29) is 43.5 Å². The maximum absolute atomic E-state index is 13.5. The van der Waals surface area contributed by atoms with Gasteiger partial charge in [0.15, 0.2) is 5.69 Å². The summed E-state index contributed by atoms with van der Waals surface area (Å²) >= 11 is 3.03. The zero-order chi connectivity index (χ0) is 24.1. The summed E-state index contributed by atoms with van der Waals surface area (Å²) in [6, 6.07) is 11.2. The van der Waals surface area contributed by atoms with E-state index in [9.17, 15) is 14.4 Å². The highest BCUT2D eigenvalue weighted by atomic mass is 32.1. The summed E-state index contributed by atoms with van der Waals surface area (Å²) in [5.41, 5.74) is 7.21. The number of amides is 1. The number of hydrogen-bond donors (Lipinski definition) is 2. The van der Waals surface area contributed by atoms with E-state index < -0.39 is 11.2 Å². The summed E-state index contributed by atoms with van der Waals surface area (Å²) < 4.78 is 6.24. The second kappa shape index (κ2) is 10.6. The Kier molecular flexibility index (Phi) is 7.36. The van der Waals surface area contributed by atoms with Crippen LogP contribution in [0, 0.1) is 0 Å². The van der Waals surface area contributed by atoms with Crippen LogP contribution in [0.15, 0.2) is 62.1 Å². The van der Waals surface area contributed by atoms with Gasteiger partial charge < -0.3 is 10.5 Å². The predicted molar refractivity (Wildman–Crippen MR) is 134 cm³/mol. The topological polar surface area (TPSA) is 123 Å². The maximum atomic E-state index is 13.5. The molecular formula is C23H23N5O4S2. The number of nitrogens with two attached hydrogens (primary N) is 1. The molecule has 4 rings (SSSR count). The molecule has 176 valence electrons. The van der Waals surface area contributed by atoms with Crippen LogP contribution in [-0.4, -0.2) is 34.2 Å². The van der Waals surface area contributed by atoms with Gasteiger partial charge in [0.1, 0.15) is 10.8 Å². The van der Waals surface area contributed by atoms with Crippen molar-refractivity contribution in [1.29, 1.82) is 0 Å². The Bertz CT molecular complexity index is 1380. The lowest BCUT2D eigenvalue weighted by atomic mass is 10.2. The molecule has 4 aromatic rings. The van der Waals surface area contributed by atoms with Crippen molar-refractivity contribution < 1.29 is 9.53 Å². The van der Waals surface area contributed by atoms with Crippen LogP contribution in [0.25, 0.3) is 10.6 Å². The number of nitrogen functional groups attached to an aromatic ring is 1. The molecule has 1 amide bonds. The molecule has 9 nitrogen and oxygen atoms in total. The molecule has 0 unspecified atom stereocenters. The number of methoxy groups -OCH3 is 1. The first-order chi connectivity index (χ1) is 16.5. The summed E-state index contributed by atoms with van der Waals surface area (Å²) in [7, 11) is 1.50. The van der Waals surface area contributed by atoms with Gasteiger partial charge in [-0.2, -0.15) is 11.3 Å². The lowest BCUT2D eigenvalue weighted by Gasteiger charge is -2.24. The minimum Gasteiger partial charge on any atom is -0.383 e. The van der Waals surface area contributed by atoms with Crippen molar-refractivity contribution in [2.75, 3.05) is 24.4 Å². The van der Waals surface area contributed by atoms with E-state index in [4.69, 9.17) is 10.5 Å². The van der Waals surface area contributed by atoms with Gasteiger partial charge >= 0.3 is 5.69 Å². The number of thiazole rings is 1. The van der Waals surface area contributed by atoms with E-state index in [1.54, 1.807) is 11.3 Å². The Hall–Kier alpha value is -3.54. The van der Waals surface area contributed by atoms with Gasteiger partial charge in [0.2, 0.25) is 5.91 Å². The van der Waals surface area contributed by atoms with Crippen molar-refractivity contribution >= 4 is 40.1 Å². The van der Waals surface area contributed by atoms with Crippen LogP contribution in [0.5, 0.6) is 0 Å². The molecule has 3 heterocycles. The number of aromatic nitrogens is 3. The van der Waals surface area contributed by atoms with Crippen molar-refractivity contribution in [3.63, 3.8) is 0 Å². The standard InChI is InChI=1S/C23H23N5O4S2/c1-32-9-8-27-20(24)19(21(30)26-23(27)31)28(12-15-5-3-2-4-6-15)18(29)11-17-14-34-22(25-17)16-7-10-33-13-16/h2-7,10,13-14H,8-9,11-12,24H2,1H3,(H,26,30,31). The monoisotopic (exact) mass is 497 g/mol.